The third-order valence-electron chi connectivity index (χ3n) is 2.39. The van der Waals surface area contributed by atoms with Gasteiger partial charge in [0.25, 0.3) is 0 Å². The van der Waals surface area contributed by atoms with Crippen molar-refractivity contribution < 1.29 is 33.1 Å². The molecule has 2 aromatic carbocycles. The van der Waals surface area contributed by atoms with Crippen molar-refractivity contribution in [2.45, 2.75) is 9.79 Å². The van der Waals surface area contributed by atoms with E-state index in [1.807, 2.05) is 60.7 Å². The van der Waals surface area contributed by atoms with Crippen molar-refractivity contribution >= 4 is 9.93 Å². The molecule has 108 valence electrons. The van der Waals surface area contributed by atoms with Crippen LogP contribution in [0.1, 0.15) is 0 Å². The molecule has 0 fully saturated rings. The second kappa shape index (κ2) is 6.94. The van der Waals surface area contributed by atoms with Gasteiger partial charge in [-0.2, -0.15) is 0 Å². The smallest absolute Gasteiger partial charge is 0.163 e. The first-order valence-corrected chi connectivity index (χ1v) is 8.62. The van der Waals surface area contributed by atoms with Crippen molar-refractivity contribution in [1.82, 2.24) is 0 Å². The second-order valence-electron chi connectivity index (χ2n) is 3.85. The normalized spacial score (nSPS) is 11.4. The van der Waals surface area contributed by atoms with E-state index in [4.69, 9.17) is 18.6 Å². The van der Waals surface area contributed by atoms with Gasteiger partial charge in [0.15, 0.2) is 9.79 Å². The zero-order valence-corrected chi connectivity index (χ0v) is 12.2. The van der Waals surface area contributed by atoms with Gasteiger partial charge in [-0.3, -0.25) is 0 Å². The molecule has 0 N–H and O–H groups in total. The monoisotopic (exact) mass is 316 g/mol. The zero-order chi connectivity index (χ0) is 15.2. The van der Waals surface area contributed by atoms with Crippen LogP contribution < -0.4 is 18.6 Å². The predicted octanol–water partition coefficient (Wildman–Crippen LogP) is -1.52. The van der Waals surface area contributed by atoms with E-state index in [2.05, 4.69) is 0 Å². The minimum absolute atomic E-state index is 0.885. The fourth-order valence-electron chi connectivity index (χ4n) is 1.50. The van der Waals surface area contributed by atoms with E-state index in [9.17, 15) is 4.21 Å². The molecule has 0 aliphatic heterocycles. The Bertz CT molecular complexity index is 519. The lowest BCUT2D eigenvalue weighted by molar-refractivity contribution is -2.00. The third kappa shape index (κ3) is 5.79. The molecule has 5 nitrogen and oxygen atoms in total. The lowest BCUT2D eigenvalue weighted by Gasteiger charge is -2.17. The van der Waals surface area contributed by atoms with E-state index in [1.54, 1.807) is 6.26 Å². The van der Waals surface area contributed by atoms with Gasteiger partial charge in [0.2, 0.25) is 0 Å². The molecule has 7 heteroatoms. The Morgan fingerprint density at radius 2 is 1.00 bits per heavy atom. The maximum atomic E-state index is 12.6. The average Bonchev–Trinajstić information content (AvgIpc) is 2.39. The molecule has 0 bridgehead atoms. The van der Waals surface area contributed by atoms with Gasteiger partial charge in [-0.05, 0) is 24.3 Å². The zero-order valence-electron chi connectivity index (χ0n) is 10.6. The number of halogens is 1. The van der Waals surface area contributed by atoms with E-state index in [0.29, 0.717) is 0 Å². The van der Waals surface area contributed by atoms with Gasteiger partial charge in [-0.15, -0.1) is 10.2 Å². The molecular formula is C13H13ClO5S. The molecule has 0 aromatic heterocycles. The number of rotatable bonds is 2. The minimum atomic E-state index is -4.94. The Kier molecular flexibility index (Phi) is 5.82. The molecule has 0 atom stereocenters. The highest BCUT2D eigenvalue weighted by molar-refractivity contribution is 8.02. The van der Waals surface area contributed by atoms with Crippen molar-refractivity contribution in [3.05, 3.63) is 60.7 Å². The Labute approximate surface area is 120 Å². The first kappa shape index (κ1) is 16.8. The third-order valence-corrected chi connectivity index (χ3v) is 4.73. The quantitative estimate of drug-likeness (QED) is 0.625. The van der Waals surface area contributed by atoms with Crippen LogP contribution in [0.4, 0.5) is 0 Å². The summed E-state index contributed by atoms with van der Waals surface area (Å²) in [4.78, 5) is 1.77. The fraction of sp³-hybridized carbons (Fsp3) is 0.0769. The Hall–Kier alpha value is -1.28. The van der Waals surface area contributed by atoms with Crippen molar-refractivity contribution in [1.29, 1.82) is 0 Å². The molecule has 0 amide bonds. The van der Waals surface area contributed by atoms with Crippen LogP contribution in [0.2, 0.25) is 0 Å². The lowest BCUT2D eigenvalue weighted by atomic mass is 10.4. The summed E-state index contributed by atoms with van der Waals surface area (Å²) < 4.78 is 46.6. The molecule has 0 saturated carbocycles. The highest BCUT2D eigenvalue weighted by Crippen LogP contribution is 2.25. The van der Waals surface area contributed by atoms with Crippen LogP contribution in [-0.2, 0) is 14.1 Å². The predicted molar refractivity (Wildman–Crippen MR) is 63.4 cm³/mol. The lowest BCUT2D eigenvalue weighted by Crippen LogP contribution is -2.68. The van der Waals surface area contributed by atoms with Crippen LogP contribution >= 0.6 is 0 Å². The van der Waals surface area contributed by atoms with Crippen LogP contribution in [0.3, 0.4) is 0 Å². The van der Waals surface area contributed by atoms with Gasteiger partial charge < -0.3 is 0 Å². The van der Waals surface area contributed by atoms with Gasteiger partial charge in [-0.1, -0.05) is 40.6 Å². The number of hydrogen-bond acceptors (Lipinski definition) is 5. The summed E-state index contributed by atoms with van der Waals surface area (Å²) in [6, 6.07) is 19.2. The summed E-state index contributed by atoms with van der Waals surface area (Å²) in [5, 5.41) is 0. The molecule has 0 spiro atoms. The molecule has 0 aliphatic carbocycles. The molecule has 0 unspecified atom stereocenters. The molecule has 0 aliphatic rings. The maximum absolute atomic E-state index is 12.6. The van der Waals surface area contributed by atoms with Gasteiger partial charge in [0, 0.05) is 0 Å². The minimum Gasteiger partial charge on any atom is -0.222 e. The summed E-state index contributed by atoms with van der Waals surface area (Å²) in [7, 11) is -7.03. The van der Waals surface area contributed by atoms with Gasteiger partial charge >= 0.3 is 0 Å². The van der Waals surface area contributed by atoms with E-state index in [1.165, 1.54) is 0 Å². The van der Waals surface area contributed by atoms with E-state index < -0.39 is 20.2 Å². The van der Waals surface area contributed by atoms with Gasteiger partial charge in [-0.25, -0.2) is 18.6 Å². The Morgan fingerprint density at radius 1 is 0.750 bits per heavy atom. The summed E-state index contributed by atoms with van der Waals surface area (Å²) in [5.41, 5.74) is 0. The van der Waals surface area contributed by atoms with Crippen LogP contribution in [0, 0.1) is 10.2 Å². The van der Waals surface area contributed by atoms with Crippen LogP contribution in [0.25, 0.3) is 0 Å². The topological polar surface area (TPSA) is 109 Å². The van der Waals surface area contributed by atoms with Crippen LogP contribution in [0.15, 0.2) is 70.5 Å². The fourth-order valence-corrected chi connectivity index (χ4v) is 3.12. The molecule has 0 saturated heterocycles. The largest absolute Gasteiger partial charge is 0.222 e. The highest BCUT2D eigenvalue weighted by atomic mass is 35.7. The van der Waals surface area contributed by atoms with Crippen molar-refractivity contribution in [3.63, 3.8) is 0 Å². The van der Waals surface area contributed by atoms with E-state index in [-0.39, 0.29) is 0 Å². The maximum Gasteiger partial charge on any atom is 0.163 e. The van der Waals surface area contributed by atoms with Crippen molar-refractivity contribution in [3.8, 4) is 0 Å². The molecule has 0 radical (unpaired) electrons. The SMILES string of the molecule is C[S+](=O)(c1ccccc1)c1ccccc1.[O-][Cl+3]([O-])([O-])[O-]. The standard InChI is InChI=1S/C13H13OS.ClHO4/c1-15(14,12-8-4-2-5-9-12)13-10-6-3-7-11-13;2-1(3,4)5/h2-11H,1H3;(H,2,3,4,5)/q+1;/p-1. The van der Waals surface area contributed by atoms with Crippen molar-refractivity contribution in [2.24, 2.45) is 0 Å². The second-order valence-corrected chi connectivity index (χ2v) is 7.23. The molecule has 20 heavy (non-hydrogen) atoms. The van der Waals surface area contributed by atoms with Crippen LogP contribution in [0.5, 0.6) is 0 Å². The molecular weight excluding hydrogens is 304 g/mol. The number of benzene rings is 2. The van der Waals surface area contributed by atoms with Crippen molar-refractivity contribution in [2.75, 3.05) is 6.26 Å². The average molecular weight is 317 g/mol. The first-order chi connectivity index (χ1) is 9.21. The first-order valence-electron chi connectivity index (χ1n) is 5.42. The summed E-state index contributed by atoms with van der Waals surface area (Å²) in [6.45, 7) is 0. The van der Waals surface area contributed by atoms with E-state index in [0.717, 1.165) is 9.79 Å². The Balaban J connectivity index is 0.000000347. The van der Waals surface area contributed by atoms with Crippen LogP contribution in [-0.4, -0.2) is 6.26 Å². The summed E-state index contributed by atoms with van der Waals surface area (Å²) in [5.74, 6) is 0. The molecule has 0 heterocycles. The Morgan fingerprint density at radius 3 is 1.25 bits per heavy atom. The highest BCUT2D eigenvalue weighted by Gasteiger charge is 2.27. The molecule has 2 aromatic rings. The van der Waals surface area contributed by atoms with Gasteiger partial charge in [0.05, 0.1) is 0 Å². The van der Waals surface area contributed by atoms with Gasteiger partial charge in [0.1, 0.15) is 16.2 Å². The number of hydrogen-bond donors (Lipinski definition) is 0. The van der Waals surface area contributed by atoms with E-state index >= 15 is 0 Å². The molecule has 2 rings (SSSR count). The summed E-state index contributed by atoms with van der Waals surface area (Å²) >= 11 is 0. The summed E-state index contributed by atoms with van der Waals surface area (Å²) in [6.07, 6.45) is 1.79.